The molecule has 2 aliphatic rings. The summed E-state index contributed by atoms with van der Waals surface area (Å²) in [7, 11) is 0. The lowest BCUT2D eigenvalue weighted by molar-refractivity contribution is -0.134. The van der Waals surface area contributed by atoms with Crippen LogP contribution >= 0.6 is 0 Å². The molecule has 2 aromatic rings. The number of urea groups is 1. The monoisotopic (exact) mass is 424 g/mol. The van der Waals surface area contributed by atoms with Crippen LogP contribution in [0, 0.1) is 5.82 Å². The minimum absolute atomic E-state index is 0.0752. The average molecular weight is 424 g/mol. The first-order valence-electron chi connectivity index (χ1n) is 10.5. The molecule has 4 rings (SSSR count). The summed E-state index contributed by atoms with van der Waals surface area (Å²) in [6, 6.07) is 12.9. The van der Waals surface area contributed by atoms with Crippen molar-refractivity contribution in [1.82, 2.24) is 10.2 Å². The molecule has 2 fully saturated rings. The Labute approximate surface area is 180 Å². The minimum atomic E-state index is -1.21. The summed E-state index contributed by atoms with van der Waals surface area (Å²) < 4.78 is 14.5. The zero-order valence-corrected chi connectivity index (χ0v) is 17.4. The number of para-hydroxylation sites is 1. The highest BCUT2D eigenvalue weighted by Crippen LogP contribution is 2.33. The summed E-state index contributed by atoms with van der Waals surface area (Å²) >= 11 is 0. The van der Waals surface area contributed by atoms with Crippen LogP contribution in [0.4, 0.5) is 20.6 Å². The van der Waals surface area contributed by atoms with Crippen molar-refractivity contribution < 1.29 is 18.8 Å². The van der Waals surface area contributed by atoms with Gasteiger partial charge in [0, 0.05) is 13.1 Å². The standard InChI is InChI=1S/C23H25FN4O3/c1-2-23(16-9-4-3-5-10-16)21(30)28(22(31)26-23)15-19(29)25-20-17(24)11-8-12-18(20)27-13-6-7-14-27/h3-5,8-12H,2,6-7,13-15H2,1H3,(H,25,29)(H,26,31). The van der Waals surface area contributed by atoms with Gasteiger partial charge in [-0.15, -0.1) is 0 Å². The number of amides is 4. The number of nitrogens with one attached hydrogen (secondary N) is 2. The first-order valence-corrected chi connectivity index (χ1v) is 10.5. The predicted octanol–water partition coefficient (Wildman–Crippen LogP) is 3.22. The van der Waals surface area contributed by atoms with Crippen LogP contribution < -0.4 is 15.5 Å². The largest absolute Gasteiger partial charge is 0.370 e. The molecule has 2 aromatic carbocycles. The third-order valence-corrected chi connectivity index (χ3v) is 5.98. The Morgan fingerprint density at radius 2 is 1.81 bits per heavy atom. The van der Waals surface area contributed by atoms with Crippen LogP contribution in [0.15, 0.2) is 48.5 Å². The van der Waals surface area contributed by atoms with Crippen molar-refractivity contribution in [3.8, 4) is 0 Å². The summed E-state index contributed by atoms with van der Waals surface area (Å²) in [5.41, 5.74) is 0.128. The minimum Gasteiger partial charge on any atom is -0.370 e. The van der Waals surface area contributed by atoms with Gasteiger partial charge in [-0.05, 0) is 37.0 Å². The van der Waals surface area contributed by atoms with Crippen LogP contribution in [0.3, 0.4) is 0 Å². The third-order valence-electron chi connectivity index (χ3n) is 5.98. The fourth-order valence-electron chi connectivity index (χ4n) is 4.31. The number of carbonyl (C=O) groups excluding carboxylic acids is 3. The van der Waals surface area contributed by atoms with Crippen molar-refractivity contribution in [2.24, 2.45) is 0 Å². The topological polar surface area (TPSA) is 81.8 Å². The van der Waals surface area contributed by atoms with Gasteiger partial charge in [0.1, 0.15) is 23.6 Å². The van der Waals surface area contributed by atoms with Crippen molar-refractivity contribution in [2.75, 3.05) is 29.9 Å². The second-order valence-electron chi connectivity index (χ2n) is 7.82. The van der Waals surface area contributed by atoms with Crippen molar-refractivity contribution >= 4 is 29.2 Å². The van der Waals surface area contributed by atoms with Crippen LogP contribution in [0.2, 0.25) is 0 Å². The van der Waals surface area contributed by atoms with E-state index in [1.165, 1.54) is 6.07 Å². The van der Waals surface area contributed by atoms with Gasteiger partial charge in [0.2, 0.25) is 5.91 Å². The highest BCUT2D eigenvalue weighted by molar-refractivity contribution is 6.10. The number of anilines is 2. The number of carbonyl (C=O) groups is 3. The predicted molar refractivity (Wildman–Crippen MR) is 115 cm³/mol. The van der Waals surface area contributed by atoms with Crippen LogP contribution in [0.25, 0.3) is 0 Å². The number of hydrogen-bond acceptors (Lipinski definition) is 4. The van der Waals surface area contributed by atoms with Gasteiger partial charge in [-0.25, -0.2) is 9.18 Å². The normalized spacial score (nSPS) is 20.8. The lowest BCUT2D eigenvalue weighted by atomic mass is 9.87. The van der Waals surface area contributed by atoms with E-state index in [4.69, 9.17) is 0 Å². The Morgan fingerprint density at radius 1 is 1.10 bits per heavy atom. The highest BCUT2D eigenvalue weighted by atomic mass is 19.1. The van der Waals surface area contributed by atoms with E-state index in [9.17, 15) is 18.8 Å². The molecule has 31 heavy (non-hydrogen) atoms. The van der Waals surface area contributed by atoms with Gasteiger partial charge in [0.25, 0.3) is 5.91 Å². The van der Waals surface area contributed by atoms with E-state index in [0.717, 1.165) is 30.8 Å². The van der Waals surface area contributed by atoms with Crippen molar-refractivity contribution in [3.63, 3.8) is 0 Å². The lowest BCUT2D eigenvalue weighted by Gasteiger charge is -2.25. The van der Waals surface area contributed by atoms with Gasteiger partial charge in [0.15, 0.2) is 0 Å². The van der Waals surface area contributed by atoms with E-state index in [1.807, 2.05) is 11.0 Å². The van der Waals surface area contributed by atoms with E-state index < -0.39 is 35.7 Å². The fourth-order valence-corrected chi connectivity index (χ4v) is 4.31. The number of nitrogens with zero attached hydrogens (tertiary/aromatic N) is 2. The van der Waals surface area contributed by atoms with E-state index in [-0.39, 0.29) is 5.69 Å². The molecule has 1 atom stereocenters. The van der Waals surface area contributed by atoms with E-state index in [0.29, 0.717) is 17.7 Å². The molecule has 0 bridgehead atoms. The van der Waals surface area contributed by atoms with E-state index in [2.05, 4.69) is 10.6 Å². The number of imide groups is 1. The lowest BCUT2D eigenvalue weighted by Crippen LogP contribution is -2.44. The Balaban J connectivity index is 1.53. The molecule has 4 amide bonds. The Bertz CT molecular complexity index is 1010. The molecule has 2 N–H and O–H groups in total. The first-order chi connectivity index (χ1) is 15.0. The molecular formula is C23H25FN4O3. The Kier molecular flexibility index (Phi) is 5.63. The van der Waals surface area contributed by atoms with Crippen LogP contribution in [-0.2, 0) is 15.1 Å². The van der Waals surface area contributed by atoms with Crippen LogP contribution in [0.5, 0.6) is 0 Å². The second kappa shape index (κ2) is 8.37. The van der Waals surface area contributed by atoms with Gasteiger partial charge in [0.05, 0.1) is 5.69 Å². The molecule has 0 radical (unpaired) electrons. The van der Waals surface area contributed by atoms with Gasteiger partial charge in [-0.1, -0.05) is 43.3 Å². The zero-order chi connectivity index (χ0) is 22.0. The summed E-state index contributed by atoms with van der Waals surface area (Å²) in [5.74, 6) is -1.68. The number of halogens is 1. The number of rotatable bonds is 6. The molecule has 162 valence electrons. The molecular weight excluding hydrogens is 399 g/mol. The molecule has 7 nitrogen and oxygen atoms in total. The van der Waals surface area contributed by atoms with E-state index >= 15 is 0 Å². The smallest absolute Gasteiger partial charge is 0.325 e. The van der Waals surface area contributed by atoms with Crippen molar-refractivity contribution in [3.05, 3.63) is 59.9 Å². The SMILES string of the molecule is CCC1(c2ccccc2)NC(=O)N(CC(=O)Nc2c(F)cccc2N2CCCC2)C1=O. The summed E-state index contributed by atoms with van der Waals surface area (Å²) in [6.45, 7) is 2.88. The Hall–Kier alpha value is -3.42. The summed E-state index contributed by atoms with van der Waals surface area (Å²) in [6.07, 6.45) is 2.35. The van der Waals surface area contributed by atoms with Crippen LogP contribution in [0.1, 0.15) is 31.7 Å². The van der Waals surface area contributed by atoms with Gasteiger partial charge < -0.3 is 15.5 Å². The first kappa shape index (κ1) is 20.8. The summed E-state index contributed by atoms with van der Waals surface area (Å²) in [5, 5.41) is 5.32. The third kappa shape index (κ3) is 3.73. The van der Waals surface area contributed by atoms with Gasteiger partial charge in [-0.3, -0.25) is 14.5 Å². The maximum Gasteiger partial charge on any atom is 0.325 e. The van der Waals surface area contributed by atoms with E-state index in [1.54, 1.807) is 43.3 Å². The molecule has 0 aromatic heterocycles. The fraction of sp³-hybridized carbons (Fsp3) is 0.348. The quantitative estimate of drug-likeness (QED) is 0.698. The molecule has 2 aliphatic heterocycles. The molecule has 8 heteroatoms. The average Bonchev–Trinajstić information content (AvgIpc) is 3.39. The number of benzene rings is 2. The van der Waals surface area contributed by atoms with Gasteiger partial charge >= 0.3 is 6.03 Å². The molecule has 2 heterocycles. The van der Waals surface area contributed by atoms with Gasteiger partial charge in [-0.2, -0.15) is 0 Å². The molecule has 0 saturated carbocycles. The zero-order valence-electron chi connectivity index (χ0n) is 17.4. The number of hydrogen-bond donors (Lipinski definition) is 2. The van der Waals surface area contributed by atoms with Crippen LogP contribution in [-0.4, -0.2) is 42.4 Å². The van der Waals surface area contributed by atoms with Crippen molar-refractivity contribution in [1.29, 1.82) is 0 Å². The molecule has 0 aliphatic carbocycles. The molecule has 2 saturated heterocycles. The maximum atomic E-state index is 14.5. The molecule has 0 spiro atoms. The maximum absolute atomic E-state index is 14.5. The molecule has 1 unspecified atom stereocenters. The Morgan fingerprint density at radius 3 is 2.48 bits per heavy atom. The van der Waals surface area contributed by atoms with Crippen molar-refractivity contribution in [2.45, 2.75) is 31.7 Å². The highest BCUT2D eigenvalue weighted by Gasteiger charge is 2.51. The second-order valence-corrected chi connectivity index (χ2v) is 7.82. The summed E-state index contributed by atoms with van der Waals surface area (Å²) in [4.78, 5) is 41.4.